The molecular formula is C50H37N5. The van der Waals surface area contributed by atoms with Crippen molar-refractivity contribution in [3.63, 3.8) is 0 Å². The first-order chi connectivity index (χ1) is 26.8. The van der Waals surface area contributed by atoms with Gasteiger partial charge in [-0.15, -0.1) is 0 Å². The number of aromatic nitrogens is 4. The Labute approximate surface area is 321 Å². The molecule has 55 heavy (non-hydrogen) atoms. The molecule has 5 heteroatoms. The standard InChI is InChI=1S/C50H37N5/c1-31-22-32(2)25-39(24-31)37-16-20-46-42(28-37)43-29-38(40-26-33(3)23-34(4)27-40)17-21-47(43)55(46)41-18-19-45(51-5)44(30-41)50-53-48(35-12-8-6-9-13-35)52-49(54-50)36-14-10-7-11-15-36/h6-30H,1-4H3. The molecular weight excluding hydrogens is 671 g/mol. The number of nitrogens with zero attached hydrogens (tertiary/aromatic N) is 5. The lowest BCUT2D eigenvalue weighted by Gasteiger charge is -2.13. The van der Waals surface area contributed by atoms with Crippen molar-refractivity contribution in [3.05, 3.63) is 185 Å². The third-order valence-electron chi connectivity index (χ3n) is 10.2. The van der Waals surface area contributed by atoms with E-state index in [9.17, 15) is 0 Å². The van der Waals surface area contributed by atoms with Gasteiger partial charge in [-0.25, -0.2) is 19.8 Å². The first kappa shape index (κ1) is 33.7. The molecule has 0 fully saturated rings. The van der Waals surface area contributed by atoms with Gasteiger partial charge in [0.15, 0.2) is 23.2 Å². The smallest absolute Gasteiger partial charge is 0.198 e. The van der Waals surface area contributed by atoms with Crippen LogP contribution in [0.1, 0.15) is 22.3 Å². The van der Waals surface area contributed by atoms with Crippen molar-refractivity contribution in [2.24, 2.45) is 0 Å². The van der Waals surface area contributed by atoms with Crippen LogP contribution < -0.4 is 0 Å². The second kappa shape index (κ2) is 13.7. The quantitative estimate of drug-likeness (QED) is 0.162. The summed E-state index contributed by atoms with van der Waals surface area (Å²) < 4.78 is 2.30. The van der Waals surface area contributed by atoms with E-state index >= 15 is 0 Å². The van der Waals surface area contributed by atoms with E-state index in [1.54, 1.807) is 0 Å². The molecule has 262 valence electrons. The van der Waals surface area contributed by atoms with Gasteiger partial charge in [-0.3, -0.25) is 0 Å². The topological polar surface area (TPSA) is 48.0 Å². The summed E-state index contributed by atoms with van der Waals surface area (Å²) in [6.07, 6.45) is 0. The highest BCUT2D eigenvalue weighted by molar-refractivity contribution is 6.11. The fourth-order valence-electron chi connectivity index (χ4n) is 7.81. The first-order valence-electron chi connectivity index (χ1n) is 18.5. The zero-order chi connectivity index (χ0) is 37.6. The average Bonchev–Trinajstić information content (AvgIpc) is 3.53. The number of rotatable bonds is 6. The van der Waals surface area contributed by atoms with Crippen LogP contribution in [0.25, 0.3) is 88.8 Å². The van der Waals surface area contributed by atoms with Gasteiger partial charge in [0.25, 0.3) is 0 Å². The lowest BCUT2D eigenvalue weighted by molar-refractivity contribution is 1.07. The molecule has 5 nitrogen and oxygen atoms in total. The number of hydrogen-bond acceptors (Lipinski definition) is 3. The van der Waals surface area contributed by atoms with Crippen LogP contribution in [-0.2, 0) is 0 Å². The monoisotopic (exact) mass is 707 g/mol. The largest absolute Gasteiger partial charge is 0.309 e. The molecule has 0 amide bonds. The maximum absolute atomic E-state index is 8.19. The normalized spacial score (nSPS) is 11.3. The van der Waals surface area contributed by atoms with Crippen molar-refractivity contribution in [3.8, 4) is 62.1 Å². The number of hydrogen-bond donors (Lipinski definition) is 0. The van der Waals surface area contributed by atoms with Gasteiger partial charge in [-0.05, 0) is 86.3 Å². The van der Waals surface area contributed by atoms with E-state index in [0.717, 1.165) is 38.6 Å². The highest BCUT2D eigenvalue weighted by atomic mass is 15.0. The summed E-state index contributed by atoms with van der Waals surface area (Å²) in [6, 6.07) is 52.8. The molecule has 0 saturated heterocycles. The Hall–Kier alpha value is -7.16. The lowest BCUT2D eigenvalue weighted by Crippen LogP contribution is -2.01. The summed E-state index contributed by atoms with van der Waals surface area (Å²) >= 11 is 0. The van der Waals surface area contributed by atoms with E-state index in [1.807, 2.05) is 72.8 Å². The van der Waals surface area contributed by atoms with Crippen molar-refractivity contribution in [2.45, 2.75) is 27.7 Å². The van der Waals surface area contributed by atoms with E-state index < -0.39 is 0 Å². The summed E-state index contributed by atoms with van der Waals surface area (Å²) in [4.78, 5) is 18.8. The molecule has 0 aliphatic heterocycles. The van der Waals surface area contributed by atoms with Gasteiger partial charge in [-0.2, -0.15) is 0 Å². The molecule has 0 unspecified atom stereocenters. The third-order valence-corrected chi connectivity index (χ3v) is 10.2. The molecule has 0 aliphatic carbocycles. The SMILES string of the molecule is [C-]#[N+]c1ccc(-n2c3ccc(-c4cc(C)cc(C)c4)cc3c3cc(-c4cc(C)cc(C)c4)ccc32)cc1-c1nc(-c2ccccc2)nc(-c2ccccc2)n1. The van der Waals surface area contributed by atoms with Crippen LogP contribution in [0.3, 0.4) is 0 Å². The second-order valence-electron chi connectivity index (χ2n) is 14.4. The second-order valence-corrected chi connectivity index (χ2v) is 14.4. The maximum atomic E-state index is 8.19. The summed E-state index contributed by atoms with van der Waals surface area (Å²) in [7, 11) is 0. The molecule has 7 aromatic carbocycles. The van der Waals surface area contributed by atoms with Gasteiger partial charge >= 0.3 is 0 Å². The number of aryl methyl sites for hydroxylation is 4. The summed E-state index contributed by atoms with van der Waals surface area (Å²) in [5.74, 6) is 1.57. The van der Waals surface area contributed by atoms with Crippen molar-refractivity contribution in [1.82, 2.24) is 19.5 Å². The van der Waals surface area contributed by atoms with Gasteiger partial charge < -0.3 is 4.57 Å². The van der Waals surface area contributed by atoms with Gasteiger partial charge in [-0.1, -0.05) is 138 Å². The van der Waals surface area contributed by atoms with Crippen LogP contribution in [0.2, 0.25) is 0 Å². The highest BCUT2D eigenvalue weighted by Crippen LogP contribution is 2.40. The summed E-state index contributed by atoms with van der Waals surface area (Å²) in [6.45, 7) is 16.8. The van der Waals surface area contributed by atoms with Crippen molar-refractivity contribution in [2.75, 3.05) is 0 Å². The molecule has 0 saturated carbocycles. The predicted octanol–water partition coefficient (Wildman–Crippen LogP) is 13.1. The van der Waals surface area contributed by atoms with Gasteiger partial charge in [0, 0.05) is 33.2 Å². The molecule has 9 rings (SSSR count). The summed E-state index contributed by atoms with van der Waals surface area (Å²) in [5, 5.41) is 2.32. The Morgan fingerprint density at radius 1 is 0.418 bits per heavy atom. The molecule has 2 heterocycles. The van der Waals surface area contributed by atoms with Gasteiger partial charge in [0.1, 0.15) is 0 Å². The Bertz CT molecular complexity index is 2760. The lowest BCUT2D eigenvalue weighted by atomic mass is 9.97. The van der Waals surface area contributed by atoms with Crippen molar-refractivity contribution >= 4 is 27.5 Å². The van der Waals surface area contributed by atoms with Crippen LogP contribution >= 0.6 is 0 Å². The molecule has 0 radical (unpaired) electrons. The molecule has 2 aromatic heterocycles. The zero-order valence-corrected chi connectivity index (χ0v) is 31.2. The molecule has 0 N–H and O–H groups in total. The Morgan fingerprint density at radius 2 is 0.873 bits per heavy atom. The minimum atomic E-state index is 0.454. The highest BCUT2D eigenvalue weighted by Gasteiger charge is 2.19. The number of fused-ring (bicyclic) bond motifs is 3. The molecule has 9 aromatic rings. The van der Waals surface area contributed by atoms with Crippen LogP contribution in [-0.4, -0.2) is 19.5 Å². The van der Waals surface area contributed by atoms with E-state index in [4.69, 9.17) is 21.5 Å². The third kappa shape index (κ3) is 6.34. The van der Waals surface area contributed by atoms with Crippen LogP contribution in [0.4, 0.5) is 5.69 Å². The minimum Gasteiger partial charge on any atom is -0.309 e. The van der Waals surface area contributed by atoms with E-state index in [0.29, 0.717) is 28.7 Å². The minimum absolute atomic E-state index is 0.454. The maximum Gasteiger partial charge on any atom is 0.198 e. The van der Waals surface area contributed by atoms with Crippen LogP contribution in [0, 0.1) is 34.3 Å². The fraction of sp³-hybridized carbons (Fsp3) is 0.0800. The first-order valence-corrected chi connectivity index (χ1v) is 18.5. The Balaban J connectivity index is 1.28. The Morgan fingerprint density at radius 3 is 1.33 bits per heavy atom. The molecule has 0 bridgehead atoms. The van der Waals surface area contributed by atoms with Gasteiger partial charge in [0.05, 0.1) is 17.6 Å². The number of benzene rings is 7. The van der Waals surface area contributed by atoms with Crippen LogP contribution in [0.5, 0.6) is 0 Å². The fourth-order valence-corrected chi connectivity index (χ4v) is 7.81. The van der Waals surface area contributed by atoms with Gasteiger partial charge in [0.2, 0.25) is 0 Å². The molecule has 0 atom stereocenters. The molecule has 0 spiro atoms. The average molecular weight is 708 g/mol. The van der Waals surface area contributed by atoms with E-state index in [2.05, 4.69) is 116 Å². The van der Waals surface area contributed by atoms with Crippen molar-refractivity contribution < 1.29 is 0 Å². The van der Waals surface area contributed by atoms with Crippen LogP contribution in [0.15, 0.2) is 152 Å². The zero-order valence-electron chi connectivity index (χ0n) is 31.2. The molecule has 0 aliphatic rings. The Kier molecular flexibility index (Phi) is 8.37. The summed E-state index contributed by atoms with van der Waals surface area (Å²) in [5.41, 5.74) is 15.7. The van der Waals surface area contributed by atoms with E-state index in [1.165, 1.54) is 44.5 Å². The predicted molar refractivity (Wildman–Crippen MR) is 227 cm³/mol. The van der Waals surface area contributed by atoms with E-state index in [-0.39, 0.29) is 0 Å². The van der Waals surface area contributed by atoms with Crippen molar-refractivity contribution in [1.29, 1.82) is 0 Å².